The average molecular weight is 329 g/mol. The Morgan fingerprint density at radius 2 is 2.31 bits per heavy atom. The van der Waals surface area contributed by atoms with Gasteiger partial charge in [-0.2, -0.15) is 5.10 Å². The highest BCUT2D eigenvalue weighted by molar-refractivity contribution is 14.1. The first kappa shape index (κ1) is 11.5. The number of benzene rings is 1. The lowest BCUT2D eigenvalue weighted by molar-refractivity contribution is 0.183. The molecule has 0 fully saturated rings. The van der Waals surface area contributed by atoms with Crippen molar-refractivity contribution in [2.45, 2.75) is 6.54 Å². The van der Waals surface area contributed by atoms with Gasteiger partial charge >= 0.3 is 0 Å². The van der Waals surface area contributed by atoms with Crippen LogP contribution in [0.3, 0.4) is 0 Å². The zero-order valence-corrected chi connectivity index (χ0v) is 11.1. The van der Waals surface area contributed by atoms with Gasteiger partial charge in [-0.25, -0.2) is 4.98 Å². The van der Waals surface area contributed by atoms with Gasteiger partial charge < -0.3 is 4.74 Å². The fourth-order valence-corrected chi connectivity index (χ4v) is 1.89. The topological polar surface area (TPSA) is 39.9 Å². The monoisotopic (exact) mass is 329 g/mol. The molecular weight excluding hydrogens is 317 g/mol. The molecule has 0 saturated carbocycles. The maximum absolute atomic E-state index is 4.99. The predicted octanol–water partition coefficient (Wildman–Crippen LogP) is 2.20. The number of methoxy groups -OCH3 is 1. The molecule has 0 bridgehead atoms. The molecule has 0 aliphatic carbocycles. The molecule has 1 aromatic carbocycles. The van der Waals surface area contributed by atoms with Crippen LogP contribution in [0.2, 0.25) is 0 Å². The van der Waals surface area contributed by atoms with Gasteiger partial charge in [0.1, 0.15) is 6.33 Å². The normalized spacial score (nSPS) is 10.6. The number of rotatable bonds is 4. The molecule has 2 aromatic rings. The summed E-state index contributed by atoms with van der Waals surface area (Å²) in [5.41, 5.74) is 1.04. The van der Waals surface area contributed by atoms with Gasteiger partial charge in [-0.3, -0.25) is 4.68 Å². The molecular formula is C11H12IN3O. The molecule has 5 heteroatoms. The number of halogens is 1. The number of hydrogen-bond acceptors (Lipinski definition) is 3. The first-order valence-corrected chi connectivity index (χ1v) is 6.02. The Hall–Kier alpha value is -0.950. The molecule has 1 heterocycles. The highest BCUT2D eigenvalue weighted by Crippen LogP contribution is 2.16. The van der Waals surface area contributed by atoms with E-state index in [2.05, 4.69) is 38.7 Å². The third kappa shape index (κ3) is 2.79. The average Bonchev–Trinajstić information content (AvgIpc) is 2.75. The first-order valence-electron chi connectivity index (χ1n) is 4.94. The van der Waals surface area contributed by atoms with E-state index in [4.69, 9.17) is 4.74 Å². The van der Waals surface area contributed by atoms with Gasteiger partial charge in [-0.15, -0.1) is 0 Å². The van der Waals surface area contributed by atoms with Gasteiger partial charge in [-0.1, -0.05) is 12.1 Å². The standard InChI is InChI=1S/C11H12IN3O/c1-16-6-5-15-8-13-11(14-15)9-3-2-4-10(12)7-9/h2-4,7-8H,5-6H2,1H3. The van der Waals surface area contributed by atoms with Crippen molar-refractivity contribution < 1.29 is 4.74 Å². The van der Waals surface area contributed by atoms with E-state index < -0.39 is 0 Å². The van der Waals surface area contributed by atoms with Crippen LogP contribution in [0.1, 0.15) is 0 Å². The van der Waals surface area contributed by atoms with Crippen molar-refractivity contribution >= 4 is 22.6 Å². The SMILES string of the molecule is COCCn1cnc(-c2cccc(I)c2)n1. The fourth-order valence-electron chi connectivity index (χ4n) is 1.35. The van der Waals surface area contributed by atoms with E-state index in [1.807, 2.05) is 18.2 Å². The molecule has 1 aromatic heterocycles. The van der Waals surface area contributed by atoms with E-state index in [0.29, 0.717) is 6.61 Å². The Morgan fingerprint density at radius 3 is 3.06 bits per heavy atom. The van der Waals surface area contributed by atoms with Crippen LogP contribution in [0, 0.1) is 3.57 Å². The van der Waals surface area contributed by atoms with E-state index in [1.165, 1.54) is 3.57 Å². The second kappa shape index (κ2) is 5.40. The zero-order chi connectivity index (χ0) is 11.4. The summed E-state index contributed by atoms with van der Waals surface area (Å²) in [5, 5.41) is 4.38. The van der Waals surface area contributed by atoms with Crippen LogP contribution in [0.4, 0.5) is 0 Å². The molecule has 0 spiro atoms. The van der Waals surface area contributed by atoms with Gasteiger partial charge in [0, 0.05) is 16.2 Å². The van der Waals surface area contributed by atoms with E-state index in [-0.39, 0.29) is 0 Å². The summed E-state index contributed by atoms with van der Waals surface area (Å²) < 4.78 is 7.96. The summed E-state index contributed by atoms with van der Waals surface area (Å²) >= 11 is 2.28. The maximum Gasteiger partial charge on any atom is 0.181 e. The van der Waals surface area contributed by atoms with Crippen molar-refractivity contribution in [2.24, 2.45) is 0 Å². The highest BCUT2D eigenvalue weighted by Gasteiger charge is 2.03. The lowest BCUT2D eigenvalue weighted by Crippen LogP contribution is -2.04. The molecule has 0 aliphatic rings. The minimum absolute atomic E-state index is 0.648. The van der Waals surface area contributed by atoms with Gasteiger partial charge in [0.25, 0.3) is 0 Å². The van der Waals surface area contributed by atoms with Gasteiger partial charge in [0.15, 0.2) is 5.82 Å². The molecule has 0 saturated heterocycles. The summed E-state index contributed by atoms with van der Waals surface area (Å²) in [6.45, 7) is 1.38. The summed E-state index contributed by atoms with van der Waals surface area (Å²) in [7, 11) is 1.68. The molecule has 0 unspecified atom stereocenters. The molecule has 0 aliphatic heterocycles. The van der Waals surface area contributed by atoms with Crippen LogP contribution in [0.5, 0.6) is 0 Å². The van der Waals surface area contributed by atoms with E-state index >= 15 is 0 Å². The van der Waals surface area contributed by atoms with Crippen molar-refractivity contribution in [1.29, 1.82) is 0 Å². The van der Waals surface area contributed by atoms with Gasteiger partial charge in [0.05, 0.1) is 13.2 Å². The van der Waals surface area contributed by atoms with Crippen LogP contribution in [0.25, 0.3) is 11.4 Å². The van der Waals surface area contributed by atoms with Crippen LogP contribution in [-0.2, 0) is 11.3 Å². The lowest BCUT2D eigenvalue weighted by Gasteiger charge is -1.98. The molecule has 0 N–H and O–H groups in total. The Bertz CT molecular complexity index is 470. The van der Waals surface area contributed by atoms with Crippen molar-refractivity contribution in [3.63, 3.8) is 0 Å². The molecule has 0 amide bonds. The second-order valence-electron chi connectivity index (χ2n) is 3.33. The minimum atomic E-state index is 0.648. The van der Waals surface area contributed by atoms with Crippen molar-refractivity contribution in [3.05, 3.63) is 34.2 Å². The predicted molar refractivity (Wildman–Crippen MR) is 70.1 cm³/mol. The van der Waals surface area contributed by atoms with Crippen LogP contribution in [0.15, 0.2) is 30.6 Å². The third-order valence-electron chi connectivity index (χ3n) is 2.14. The minimum Gasteiger partial charge on any atom is -0.383 e. The largest absolute Gasteiger partial charge is 0.383 e. The molecule has 2 rings (SSSR count). The fraction of sp³-hybridized carbons (Fsp3) is 0.273. The van der Waals surface area contributed by atoms with Crippen molar-refractivity contribution in [1.82, 2.24) is 14.8 Å². The number of aromatic nitrogens is 3. The first-order chi connectivity index (χ1) is 7.79. The molecule has 16 heavy (non-hydrogen) atoms. The quantitative estimate of drug-likeness (QED) is 0.808. The van der Waals surface area contributed by atoms with Crippen molar-refractivity contribution in [3.8, 4) is 11.4 Å². The highest BCUT2D eigenvalue weighted by atomic mass is 127. The molecule has 4 nitrogen and oxygen atoms in total. The summed E-state index contributed by atoms with van der Waals surface area (Å²) in [5.74, 6) is 0.759. The van der Waals surface area contributed by atoms with E-state index in [1.54, 1.807) is 18.1 Å². The zero-order valence-electron chi connectivity index (χ0n) is 8.93. The Balaban J connectivity index is 2.18. The number of ether oxygens (including phenoxy) is 1. The van der Waals surface area contributed by atoms with Gasteiger partial charge in [0.2, 0.25) is 0 Å². The second-order valence-corrected chi connectivity index (χ2v) is 4.58. The van der Waals surface area contributed by atoms with Crippen molar-refractivity contribution in [2.75, 3.05) is 13.7 Å². The van der Waals surface area contributed by atoms with Crippen LogP contribution < -0.4 is 0 Å². The van der Waals surface area contributed by atoms with Crippen LogP contribution >= 0.6 is 22.6 Å². The Labute approximate surface area is 108 Å². The summed E-state index contributed by atoms with van der Waals surface area (Å²) in [6.07, 6.45) is 1.73. The number of nitrogens with zero attached hydrogens (tertiary/aromatic N) is 3. The van der Waals surface area contributed by atoms with Gasteiger partial charge in [-0.05, 0) is 34.7 Å². The Kier molecular flexibility index (Phi) is 3.89. The number of hydrogen-bond donors (Lipinski definition) is 0. The smallest absolute Gasteiger partial charge is 0.181 e. The molecule has 0 radical (unpaired) electrons. The van der Waals surface area contributed by atoms with E-state index in [9.17, 15) is 0 Å². The molecule has 84 valence electrons. The molecule has 0 atom stereocenters. The maximum atomic E-state index is 4.99. The summed E-state index contributed by atoms with van der Waals surface area (Å²) in [4.78, 5) is 4.27. The van der Waals surface area contributed by atoms with Crippen LogP contribution in [-0.4, -0.2) is 28.5 Å². The third-order valence-corrected chi connectivity index (χ3v) is 2.81. The Morgan fingerprint density at radius 1 is 1.44 bits per heavy atom. The van der Waals surface area contributed by atoms with E-state index in [0.717, 1.165) is 17.9 Å². The summed E-state index contributed by atoms with van der Waals surface area (Å²) in [6, 6.07) is 8.13. The lowest BCUT2D eigenvalue weighted by atomic mass is 10.2.